The first-order valence-corrected chi connectivity index (χ1v) is 7.60. The highest BCUT2D eigenvalue weighted by atomic mass is 16.7. The largest absolute Gasteiger partial charge is 0.461 e. The normalized spacial score (nSPS) is 33.5. The number of rotatable bonds is 8. The summed E-state index contributed by atoms with van der Waals surface area (Å²) in [4.78, 5) is 11.6. The Hall–Kier alpha value is -0.770. The SMILES string of the molecule is CCCCCCC(O)C(=O)OC[C@H]1OC(O)[C@@H](O)[C@@H](O)[C@@H]1O. The molecule has 0 spiro atoms. The minimum atomic E-state index is -1.68. The lowest BCUT2D eigenvalue weighted by atomic mass is 9.99. The molecule has 8 nitrogen and oxygen atoms in total. The molecule has 1 aliphatic heterocycles. The van der Waals surface area contributed by atoms with E-state index in [2.05, 4.69) is 6.92 Å². The van der Waals surface area contributed by atoms with Gasteiger partial charge in [0.1, 0.15) is 31.0 Å². The van der Waals surface area contributed by atoms with Crippen molar-refractivity contribution >= 4 is 5.97 Å². The van der Waals surface area contributed by atoms with Gasteiger partial charge in [0.25, 0.3) is 0 Å². The highest BCUT2D eigenvalue weighted by Gasteiger charge is 2.43. The lowest BCUT2D eigenvalue weighted by Crippen LogP contribution is -2.58. The van der Waals surface area contributed by atoms with Gasteiger partial charge in [-0.3, -0.25) is 0 Å². The summed E-state index contributed by atoms with van der Waals surface area (Å²) >= 11 is 0. The first-order valence-electron chi connectivity index (χ1n) is 7.60. The van der Waals surface area contributed by atoms with E-state index in [-0.39, 0.29) is 6.42 Å². The molecule has 0 bridgehead atoms. The number of ether oxygens (including phenoxy) is 2. The van der Waals surface area contributed by atoms with E-state index in [0.717, 1.165) is 19.3 Å². The Bertz CT molecular complexity index is 337. The first kappa shape index (κ1) is 19.3. The molecule has 0 aromatic carbocycles. The molecule has 0 radical (unpaired) electrons. The number of esters is 1. The average Bonchev–Trinajstić information content (AvgIpc) is 2.51. The van der Waals surface area contributed by atoms with Crippen molar-refractivity contribution in [3.8, 4) is 0 Å². The molecule has 1 heterocycles. The van der Waals surface area contributed by atoms with Gasteiger partial charge < -0.3 is 35.0 Å². The molecule has 5 N–H and O–H groups in total. The third-order valence-corrected chi connectivity index (χ3v) is 3.68. The van der Waals surface area contributed by atoms with E-state index in [1.165, 1.54) is 0 Å². The third-order valence-electron chi connectivity index (χ3n) is 3.68. The standard InChI is InChI=1S/C14H26O8/c1-2-3-4-5-6-8(15)13(19)21-7-9-10(16)11(17)12(18)14(20)22-9/h8-12,14-18,20H,2-7H2,1H3/t8?,9-,10-,11+,12+,14?/m1/s1. The number of aliphatic hydroxyl groups is 5. The summed E-state index contributed by atoms with van der Waals surface area (Å²) in [5.74, 6) is -0.845. The summed E-state index contributed by atoms with van der Waals surface area (Å²) in [5, 5.41) is 47.5. The molecule has 6 atom stereocenters. The Labute approximate surface area is 129 Å². The van der Waals surface area contributed by atoms with Gasteiger partial charge in [0.2, 0.25) is 0 Å². The Balaban J connectivity index is 2.33. The van der Waals surface area contributed by atoms with Crippen LogP contribution in [0.25, 0.3) is 0 Å². The van der Waals surface area contributed by atoms with E-state index in [1.807, 2.05) is 0 Å². The van der Waals surface area contributed by atoms with E-state index in [1.54, 1.807) is 0 Å². The Morgan fingerprint density at radius 2 is 1.77 bits per heavy atom. The van der Waals surface area contributed by atoms with Gasteiger partial charge in [-0.25, -0.2) is 4.79 Å². The number of aliphatic hydroxyl groups excluding tert-OH is 5. The molecular weight excluding hydrogens is 296 g/mol. The van der Waals surface area contributed by atoms with Gasteiger partial charge >= 0.3 is 5.97 Å². The maximum Gasteiger partial charge on any atom is 0.335 e. The predicted molar refractivity (Wildman–Crippen MR) is 74.6 cm³/mol. The third kappa shape index (κ3) is 5.45. The van der Waals surface area contributed by atoms with E-state index >= 15 is 0 Å². The second-order valence-corrected chi connectivity index (χ2v) is 5.53. The fraction of sp³-hybridized carbons (Fsp3) is 0.929. The number of carbonyl (C=O) groups is 1. The summed E-state index contributed by atoms with van der Waals surface area (Å²) in [6.45, 7) is 1.62. The molecule has 1 rings (SSSR count). The Morgan fingerprint density at radius 3 is 2.41 bits per heavy atom. The van der Waals surface area contributed by atoms with E-state index < -0.39 is 49.4 Å². The van der Waals surface area contributed by atoms with Crippen molar-refractivity contribution in [1.29, 1.82) is 0 Å². The highest BCUT2D eigenvalue weighted by Crippen LogP contribution is 2.20. The molecule has 8 heteroatoms. The molecule has 1 saturated heterocycles. The summed E-state index contributed by atoms with van der Waals surface area (Å²) in [6, 6.07) is 0. The van der Waals surface area contributed by atoms with E-state index in [4.69, 9.17) is 9.47 Å². The Morgan fingerprint density at radius 1 is 1.09 bits per heavy atom. The van der Waals surface area contributed by atoms with Crippen LogP contribution < -0.4 is 0 Å². The van der Waals surface area contributed by atoms with Gasteiger partial charge in [-0.05, 0) is 6.42 Å². The quantitative estimate of drug-likeness (QED) is 0.274. The number of carbonyl (C=O) groups excluding carboxylic acids is 1. The maximum atomic E-state index is 11.6. The smallest absolute Gasteiger partial charge is 0.335 e. The zero-order chi connectivity index (χ0) is 16.7. The Kier molecular flexibility index (Phi) is 8.23. The summed E-state index contributed by atoms with van der Waals surface area (Å²) in [6.07, 6.45) is -4.86. The zero-order valence-corrected chi connectivity index (χ0v) is 12.7. The number of hydrogen-bond donors (Lipinski definition) is 5. The van der Waals surface area contributed by atoms with Crippen LogP contribution in [0.4, 0.5) is 0 Å². The van der Waals surface area contributed by atoms with Crippen LogP contribution in [0, 0.1) is 0 Å². The van der Waals surface area contributed by atoms with Crippen LogP contribution >= 0.6 is 0 Å². The zero-order valence-electron chi connectivity index (χ0n) is 12.7. The highest BCUT2D eigenvalue weighted by molar-refractivity contribution is 5.74. The van der Waals surface area contributed by atoms with Crippen LogP contribution in [-0.4, -0.2) is 74.9 Å². The molecule has 22 heavy (non-hydrogen) atoms. The molecule has 0 saturated carbocycles. The van der Waals surface area contributed by atoms with Crippen molar-refractivity contribution in [2.75, 3.05) is 6.61 Å². The minimum Gasteiger partial charge on any atom is -0.461 e. The maximum absolute atomic E-state index is 11.6. The van der Waals surface area contributed by atoms with Gasteiger partial charge in [0.05, 0.1) is 0 Å². The second kappa shape index (κ2) is 9.39. The summed E-state index contributed by atoms with van der Waals surface area (Å²) in [7, 11) is 0. The van der Waals surface area contributed by atoms with Crippen LogP contribution in [0.1, 0.15) is 39.0 Å². The van der Waals surface area contributed by atoms with Gasteiger partial charge in [0.15, 0.2) is 12.4 Å². The van der Waals surface area contributed by atoms with Gasteiger partial charge in [0, 0.05) is 0 Å². The van der Waals surface area contributed by atoms with Crippen LogP contribution in [0.3, 0.4) is 0 Å². The van der Waals surface area contributed by atoms with Crippen LogP contribution in [0.5, 0.6) is 0 Å². The summed E-state index contributed by atoms with van der Waals surface area (Å²) < 4.78 is 9.69. The number of unbranched alkanes of at least 4 members (excludes halogenated alkanes) is 3. The van der Waals surface area contributed by atoms with Crippen molar-refractivity contribution in [2.45, 2.75) is 75.8 Å². The van der Waals surface area contributed by atoms with Crippen LogP contribution in [-0.2, 0) is 14.3 Å². The minimum absolute atomic E-state index is 0.289. The fourth-order valence-corrected chi connectivity index (χ4v) is 2.21. The molecule has 1 fully saturated rings. The molecule has 0 aromatic heterocycles. The van der Waals surface area contributed by atoms with Crippen molar-refractivity contribution in [1.82, 2.24) is 0 Å². The average molecular weight is 322 g/mol. The first-order chi connectivity index (χ1) is 10.4. The van der Waals surface area contributed by atoms with Crippen LogP contribution in [0.2, 0.25) is 0 Å². The van der Waals surface area contributed by atoms with Crippen molar-refractivity contribution in [3.63, 3.8) is 0 Å². The topological polar surface area (TPSA) is 137 Å². The van der Waals surface area contributed by atoms with Crippen molar-refractivity contribution in [2.24, 2.45) is 0 Å². The van der Waals surface area contributed by atoms with E-state index in [0.29, 0.717) is 6.42 Å². The molecule has 0 aliphatic carbocycles. The predicted octanol–water partition coefficient (Wildman–Crippen LogP) is -1.34. The second-order valence-electron chi connectivity index (χ2n) is 5.53. The van der Waals surface area contributed by atoms with E-state index in [9.17, 15) is 30.3 Å². The van der Waals surface area contributed by atoms with Gasteiger partial charge in [-0.15, -0.1) is 0 Å². The lowest BCUT2D eigenvalue weighted by Gasteiger charge is -2.37. The summed E-state index contributed by atoms with van der Waals surface area (Å²) in [5.41, 5.74) is 0. The van der Waals surface area contributed by atoms with Crippen molar-refractivity contribution < 1.29 is 39.8 Å². The molecule has 0 amide bonds. The molecule has 0 aromatic rings. The number of hydrogen-bond acceptors (Lipinski definition) is 8. The van der Waals surface area contributed by atoms with Crippen molar-refractivity contribution in [3.05, 3.63) is 0 Å². The van der Waals surface area contributed by atoms with Gasteiger partial charge in [-0.2, -0.15) is 0 Å². The van der Waals surface area contributed by atoms with Crippen LogP contribution in [0.15, 0.2) is 0 Å². The molecule has 2 unspecified atom stereocenters. The van der Waals surface area contributed by atoms with Gasteiger partial charge in [-0.1, -0.05) is 32.6 Å². The lowest BCUT2D eigenvalue weighted by molar-refractivity contribution is -0.287. The molecule has 1 aliphatic rings. The monoisotopic (exact) mass is 322 g/mol. The molecule has 130 valence electrons. The molecular formula is C14H26O8. The fourth-order valence-electron chi connectivity index (χ4n) is 2.21.